The summed E-state index contributed by atoms with van der Waals surface area (Å²) in [7, 11) is -3.06. The predicted octanol–water partition coefficient (Wildman–Crippen LogP) is 5.06. The molecule has 11 heteroatoms. The van der Waals surface area contributed by atoms with Gasteiger partial charge >= 0.3 is 12.1 Å². The third-order valence-corrected chi connectivity index (χ3v) is 8.29. The van der Waals surface area contributed by atoms with Crippen molar-refractivity contribution in [3.63, 3.8) is 0 Å². The fourth-order valence-corrected chi connectivity index (χ4v) is 6.47. The molecular formula is C25H27F3N2O5S. The van der Waals surface area contributed by atoms with Gasteiger partial charge in [-0.15, -0.1) is 13.2 Å². The van der Waals surface area contributed by atoms with Crippen molar-refractivity contribution in [2.45, 2.75) is 52.4 Å². The molecule has 0 N–H and O–H groups in total. The first-order chi connectivity index (χ1) is 16.7. The average molecular weight is 525 g/mol. The van der Waals surface area contributed by atoms with E-state index in [1.165, 1.54) is 21.3 Å². The fourth-order valence-electron chi connectivity index (χ4n) is 4.66. The number of nitrogens with zero attached hydrogens (tertiary/aromatic N) is 2. The minimum Gasteiger partial charge on any atom is -0.406 e. The van der Waals surface area contributed by atoms with Crippen LogP contribution in [0.2, 0.25) is 0 Å². The number of fused-ring (bicyclic) bond motifs is 1. The fraction of sp³-hybridized carbons (Fsp3) is 0.440. The van der Waals surface area contributed by atoms with Crippen molar-refractivity contribution < 1.29 is 31.1 Å². The Bertz CT molecular complexity index is 1470. The Kier molecular flexibility index (Phi) is 6.57. The van der Waals surface area contributed by atoms with E-state index in [1.807, 2.05) is 6.92 Å². The molecule has 1 saturated heterocycles. The molecule has 0 unspecified atom stereocenters. The Hall–Kier alpha value is -3.08. The molecule has 1 aliphatic rings. The molecule has 1 fully saturated rings. The van der Waals surface area contributed by atoms with Crippen molar-refractivity contribution in [1.82, 2.24) is 9.13 Å². The van der Waals surface area contributed by atoms with Crippen LogP contribution in [-0.2, 0) is 9.84 Å². The summed E-state index contributed by atoms with van der Waals surface area (Å²) < 4.78 is 68.5. The number of hydrogen-bond acceptors (Lipinski definition) is 5. The van der Waals surface area contributed by atoms with Gasteiger partial charge in [-0.2, -0.15) is 0 Å². The van der Waals surface area contributed by atoms with Gasteiger partial charge in [-0.05, 0) is 62.4 Å². The van der Waals surface area contributed by atoms with Crippen LogP contribution in [0.1, 0.15) is 56.4 Å². The number of alkyl halides is 3. The van der Waals surface area contributed by atoms with Gasteiger partial charge in [-0.1, -0.05) is 13.0 Å². The molecule has 194 valence electrons. The number of carbonyl (C=O) groups excluding carboxylic acids is 1. The van der Waals surface area contributed by atoms with Gasteiger partial charge in [-0.3, -0.25) is 13.9 Å². The summed E-state index contributed by atoms with van der Waals surface area (Å²) in [4.78, 5) is 26.5. The maximum atomic E-state index is 13.4. The lowest BCUT2D eigenvalue weighted by molar-refractivity contribution is -0.274. The van der Waals surface area contributed by atoms with Crippen LogP contribution < -0.4 is 10.4 Å². The molecule has 0 aliphatic carbocycles. The third kappa shape index (κ3) is 5.35. The molecular weight excluding hydrogens is 497 g/mol. The van der Waals surface area contributed by atoms with Gasteiger partial charge in [0.1, 0.15) is 15.6 Å². The number of sulfone groups is 1. The first-order valence-corrected chi connectivity index (χ1v) is 13.4. The first kappa shape index (κ1) is 26.0. The molecule has 3 aromatic rings. The lowest BCUT2D eigenvalue weighted by Gasteiger charge is -2.32. The molecule has 1 aromatic heterocycles. The van der Waals surface area contributed by atoms with Crippen LogP contribution in [0.5, 0.6) is 5.75 Å². The molecule has 36 heavy (non-hydrogen) atoms. The SMILES string of the molecule is CC(C)n1c(=O)n(-c2cccc(OC(F)(F)F)c2)c2ccc(C(=O)CC3(C)CCS(=O)(=O)CC3)cc21. The minimum absolute atomic E-state index is 0.0582. The normalized spacial score (nSPS) is 17.4. The Labute approximate surface area is 206 Å². The second-order valence-electron chi connectivity index (χ2n) is 9.89. The summed E-state index contributed by atoms with van der Waals surface area (Å²) >= 11 is 0. The number of ketones is 1. The molecule has 2 heterocycles. The second kappa shape index (κ2) is 9.10. The second-order valence-corrected chi connectivity index (χ2v) is 12.2. The van der Waals surface area contributed by atoms with E-state index in [2.05, 4.69) is 4.74 Å². The Morgan fingerprint density at radius 3 is 2.36 bits per heavy atom. The largest absolute Gasteiger partial charge is 0.573 e. The first-order valence-electron chi connectivity index (χ1n) is 11.5. The van der Waals surface area contributed by atoms with Crippen molar-refractivity contribution in [2.75, 3.05) is 11.5 Å². The van der Waals surface area contributed by atoms with Crippen LogP contribution in [0.15, 0.2) is 47.3 Å². The molecule has 1 aliphatic heterocycles. The standard InChI is InChI=1S/C25H27F3N2O5S/c1-16(2)29-21-13-17(22(31)15-24(3)9-11-36(33,34)12-10-24)7-8-20(21)30(23(29)32)18-5-4-6-19(14-18)35-25(26,27)28/h4-8,13-14,16H,9-12,15H2,1-3H3. The number of Topliss-reactive ketones (excluding diaryl/α,β-unsaturated/α-hetero) is 1. The third-order valence-electron chi connectivity index (χ3n) is 6.64. The van der Waals surface area contributed by atoms with E-state index < -0.39 is 33.1 Å². The van der Waals surface area contributed by atoms with Gasteiger partial charge in [0.2, 0.25) is 0 Å². The van der Waals surface area contributed by atoms with E-state index >= 15 is 0 Å². The van der Waals surface area contributed by atoms with E-state index in [0.29, 0.717) is 29.4 Å². The van der Waals surface area contributed by atoms with Crippen LogP contribution in [0.25, 0.3) is 16.7 Å². The average Bonchev–Trinajstić information content (AvgIpc) is 3.06. The molecule has 7 nitrogen and oxygen atoms in total. The number of halogens is 3. The van der Waals surface area contributed by atoms with Crippen molar-refractivity contribution in [3.05, 3.63) is 58.5 Å². The number of hydrogen-bond donors (Lipinski definition) is 0. The number of benzene rings is 2. The summed E-state index contributed by atoms with van der Waals surface area (Å²) in [5.41, 5.74) is 0.598. The number of imidazole rings is 1. The molecule has 0 radical (unpaired) electrons. The van der Waals surface area contributed by atoms with E-state index in [1.54, 1.807) is 32.0 Å². The summed E-state index contributed by atoms with van der Waals surface area (Å²) in [6.07, 6.45) is -3.87. The number of carbonyl (C=O) groups is 1. The topological polar surface area (TPSA) is 87.4 Å². The lowest BCUT2D eigenvalue weighted by Crippen LogP contribution is -2.33. The summed E-state index contributed by atoms with van der Waals surface area (Å²) in [5.74, 6) is -0.493. The molecule has 0 saturated carbocycles. The summed E-state index contributed by atoms with van der Waals surface area (Å²) in [6, 6.07) is 9.68. The maximum absolute atomic E-state index is 13.4. The van der Waals surface area contributed by atoms with Crippen LogP contribution >= 0.6 is 0 Å². The van der Waals surface area contributed by atoms with Gasteiger partial charge in [0.15, 0.2) is 5.78 Å². The molecule has 2 aromatic carbocycles. The summed E-state index contributed by atoms with van der Waals surface area (Å²) in [6.45, 7) is 5.51. The van der Waals surface area contributed by atoms with Gasteiger partial charge in [0.05, 0.1) is 28.2 Å². The molecule has 0 amide bonds. The van der Waals surface area contributed by atoms with Crippen molar-refractivity contribution >= 4 is 26.7 Å². The molecule has 0 bridgehead atoms. The van der Waals surface area contributed by atoms with Crippen molar-refractivity contribution in [1.29, 1.82) is 0 Å². The molecule has 0 atom stereocenters. The molecule has 4 rings (SSSR count). The monoisotopic (exact) mass is 524 g/mol. The zero-order valence-electron chi connectivity index (χ0n) is 20.1. The van der Waals surface area contributed by atoms with Crippen molar-refractivity contribution in [2.24, 2.45) is 5.41 Å². The highest BCUT2D eigenvalue weighted by molar-refractivity contribution is 7.91. The zero-order valence-corrected chi connectivity index (χ0v) is 20.9. The van der Waals surface area contributed by atoms with Gasteiger partial charge in [-0.25, -0.2) is 13.2 Å². The maximum Gasteiger partial charge on any atom is 0.573 e. The predicted molar refractivity (Wildman–Crippen MR) is 130 cm³/mol. The lowest BCUT2D eigenvalue weighted by atomic mass is 9.78. The highest BCUT2D eigenvalue weighted by Crippen LogP contribution is 2.37. The number of ether oxygens (including phenoxy) is 1. The Balaban J connectivity index is 1.74. The summed E-state index contributed by atoms with van der Waals surface area (Å²) in [5, 5.41) is 0. The van der Waals surface area contributed by atoms with Crippen LogP contribution in [0.3, 0.4) is 0 Å². The number of aromatic nitrogens is 2. The van der Waals surface area contributed by atoms with Gasteiger partial charge < -0.3 is 4.74 Å². The van der Waals surface area contributed by atoms with Crippen LogP contribution in [-0.4, -0.2) is 41.2 Å². The zero-order chi connectivity index (χ0) is 26.5. The highest BCUT2D eigenvalue weighted by atomic mass is 32.2. The molecule has 0 spiro atoms. The van der Waals surface area contributed by atoms with Crippen LogP contribution in [0.4, 0.5) is 13.2 Å². The van der Waals surface area contributed by atoms with Gasteiger partial charge in [0, 0.05) is 24.1 Å². The Morgan fingerprint density at radius 1 is 1.08 bits per heavy atom. The van der Waals surface area contributed by atoms with E-state index in [0.717, 1.165) is 12.1 Å². The smallest absolute Gasteiger partial charge is 0.406 e. The number of rotatable bonds is 6. The minimum atomic E-state index is -4.87. The van der Waals surface area contributed by atoms with Crippen LogP contribution in [0, 0.1) is 5.41 Å². The van der Waals surface area contributed by atoms with E-state index in [-0.39, 0.29) is 35.4 Å². The van der Waals surface area contributed by atoms with E-state index in [4.69, 9.17) is 0 Å². The highest BCUT2D eigenvalue weighted by Gasteiger charge is 2.35. The Morgan fingerprint density at radius 2 is 1.75 bits per heavy atom. The van der Waals surface area contributed by atoms with Crippen molar-refractivity contribution in [3.8, 4) is 11.4 Å². The quantitative estimate of drug-likeness (QED) is 0.421. The van der Waals surface area contributed by atoms with E-state index in [9.17, 15) is 31.2 Å². The van der Waals surface area contributed by atoms with Gasteiger partial charge in [0.25, 0.3) is 0 Å².